The van der Waals surface area contributed by atoms with Crippen LogP contribution in [0.15, 0.2) is 36.4 Å². The lowest BCUT2D eigenvalue weighted by molar-refractivity contribution is 0.0989. The number of nitrogens with one attached hydrogen (secondary N) is 1. The summed E-state index contributed by atoms with van der Waals surface area (Å²) in [7, 11) is 3.47. The first-order valence-corrected chi connectivity index (χ1v) is 9.37. The first-order valence-electron chi connectivity index (χ1n) is 9.37. The topological polar surface area (TPSA) is 76.8 Å². The fraction of sp³-hybridized carbons (Fsp3) is 0.381. The predicted molar refractivity (Wildman–Crippen MR) is 105 cm³/mol. The van der Waals surface area contributed by atoms with Gasteiger partial charge in [-0.2, -0.15) is 0 Å². The van der Waals surface area contributed by atoms with Gasteiger partial charge in [0.2, 0.25) is 0 Å². The van der Waals surface area contributed by atoms with Crippen molar-refractivity contribution >= 4 is 17.3 Å². The first kappa shape index (κ1) is 17.7. The Morgan fingerprint density at radius 3 is 2.59 bits per heavy atom. The number of benzene rings is 2. The average molecular weight is 367 g/mol. The van der Waals surface area contributed by atoms with E-state index in [0.29, 0.717) is 22.7 Å². The van der Waals surface area contributed by atoms with Crippen molar-refractivity contribution in [2.24, 2.45) is 0 Å². The quantitative estimate of drug-likeness (QED) is 0.791. The summed E-state index contributed by atoms with van der Waals surface area (Å²) in [6.07, 6.45) is 4.45. The van der Waals surface area contributed by atoms with Gasteiger partial charge >= 0.3 is 0 Å². The lowest BCUT2D eigenvalue weighted by Crippen LogP contribution is -2.35. The Morgan fingerprint density at radius 1 is 1.11 bits per heavy atom. The minimum Gasteiger partial charge on any atom is -0.493 e. The Morgan fingerprint density at radius 2 is 1.89 bits per heavy atom. The summed E-state index contributed by atoms with van der Waals surface area (Å²) in [5.41, 5.74) is 8.79. The van der Waals surface area contributed by atoms with Gasteiger partial charge in [0.1, 0.15) is 6.17 Å². The zero-order valence-electron chi connectivity index (χ0n) is 15.7. The molecule has 0 spiro atoms. The van der Waals surface area contributed by atoms with E-state index in [1.165, 1.54) is 12.8 Å². The molecule has 3 N–H and O–H groups in total. The number of rotatable bonds is 5. The van der Waals surface area contributed by atoms with E-state index in [0.717, 1.165) is 24.1 Å². The maximum absolute atomic E-state index is 13.1. The van der Waals surface area contributed by atoms with E-state index in [9.17, 15) is 4.79 Å². The van der Waals surface area contributed by atoms with Crippen molar-refractivity contribution in [2.45, 2.75) is 38.0 Å². The second-order valence-electron chi connectivity index (χ2n) is 7.07. The number of nitrogens with zero attached hydrogens (tertiary/aromatic N) is 1. The van der Waals surface area contributed by atoms with Crippen molar-refractivity contribution < 1.29 is 14.3 Å². The number of carbonyl (C=O) groups is 1. The molecule has 1 fully saturated rings. The highest BCUT2D eigenvalue weighted by Crippen LogP contribution is 2.41. The molecule has 0 radical (unpaired) electrons. The minimum atomic E-state index is -0.249. The van der Waals surface area contributed by atoms with Crippen molar-refractivity contribution in [2.75, 3.05) is 24.8 Å². The van der Waals surface area contributed by atoms with Crippen LogP contribution >= 0.6 is 0 Å². The third-order valence-corrected chi connectivity index (χ3v) is 5.37. The molecule has 0 aromatic heterocycles. The van der Waals surface area contributed by atoms with Crippen LogP contribution in [0.1, 0.15) is 47.8 Å². The second-order valence-corrected chi connectivity index (χ2v) is 7.07. The number of nitrogens with two attached hydrogens (primary N) is 1. The number of fused-ring (bicyclic) bond motifs is 1. The fourth-order valence-corrected chi connectivity index (χ4v) is 4.03. The average Bonchev–Trinajstić information content (AvgIpc) is 3.28. The maximum atomic E-state index is 13.1. The molecule has 2 aromatic carbocycles. The van der Waals surface area contributed by atoms with Gasteiger partial charge in [-0.25, -0.2) is 0 Å². The third-order valence-electron chi connectivity index (χ3n) is 5.37. The first-order chi connectivity index (χ1) is 13.1. The minimum absolute atomic E-state index is 0.0753. The lowest BCUT2D eigenvalue weighted by Gasteiger charge is -2.26. The number of nitrogen functional groups attached to an aromatic ring is 1. The van der Waals surface area contributed by atoms with E-state index in [1.807, 2.05) is 37.4 Å². The van der Waals surface area contributed by atoms with Crippen molar-refractivity contribution in [3.05, 3.63) is 47.5 Å². The summed E-state index contributed by atoms with van der Waals surface area (Å²) in [4.78, 5) is 14.8. The summed E-state index contributed by atoms with van der Waals surface area (Å²) >= 11 is 0. The largest absolute Gasteiger partial charge is 0.493 e. The van der Waals surface area contributed by atoms with Gasteiger partial charge in [-0.1, -0.05) is 6.07 Å². The summed E-state index contributed by atoms with van der Waals surface area (Å²) in [5, 5.41) is 3.23. The van der Waals surface area contributed by atoms with E-state index in [4.69, 9.17) is 15.2 Å². The van der Waals surface area contributed by atoms with E-state index in [2.05, 4.69) is 5.32 Å². The van der Waals surface area contributed by atoms with Crippen molar-refractivity contribution in [1.82, 2.24) is 5.32 Å². The highest BCUT2D eigenvalue weighted by molar-refractivity contribution is 6.11. The molecule has 4 rings (SSSR count). The molecular weight excluding hydrogens is 342 g/mol. The van der Waals surface area contributed by atoms with Crippen LogP contribution in [-0.4, -0.2) is 26.2 Å². The molecule has 1 aliphatic heterocycles. The van der Waals surface area contributed by atoms with Gasteiger partial charge < -0.3 is 15.2 Å². The van der Waals surface area contributed by atoms with Gasteiger partial charge in [0.25, 0.3) is 5.91 Å². The number of hydrogen-bond donors (Lipinski definition) is 2. The van der Waals surface area contributed by atoms with Crippen molar-refractivity contribution in [3.63, 3.8) is 0 Å². The van der Waals surface area contributed by atoms with Crippen LogP contribution in [0.4, 0.5) is 11.4 Å². The van der Waals surface area contributed by atoms with Crippen LogP contribution in [0.3, 0.4) is 0 Å². The molecule has 1 atom stereocenters. The molecule has 142 valence electrons. The summed E-state index contributed by atoms with van der Waals surface area (Å²) in [6, 6.07) is 11.1. The van der Waals surface area contributed by atoms with Gasteiger partial charge in [0, 0.05) is 28.6 Å². The molecule has 1 aliphatic carbocycles. The van der Waals surface area contributed by atoms with Crippen LogP contribution in [0, 0.1) is 0 Å². The molecule has 0 saturated heterocycles. The highest BCUT2D eigenvalue weighted by atomic mass is 16.5. The number of methoxy groups -OCH3 is 1. The number of carbonyl (C=O) groups excluding carboxylic acids is 1. The Hall–Kier alpha value is -2.73. The van der Waals surface area contributed by atoms with Gasteiger partial charge in [0.15, 0.2) is 11.5 Å². The van der Waals surface area contributed by atoms with Crippen LogP contribution in [0.5, 0.6) is 11.5 Å². The smallest absolute Gasteiger partial charge is 0.260 e. The number of ether oxygens (including phenoxy) is 2. The molecule has 2 aliphatic rings. The molecule has 1 saturated carbocycles. The Labute approximate surface area is 159 Å². The standard InChI is InChI=1S/C21H25N3O3/c1-23-20-16-9-7-13(22)11-17(16)21(25)24(20)14-8-10-18(26-2)19(12-14)27-15-5-3-4-6-15/h7-12,15,20,23H,3-6,22H2,1-2H3. The van der Waals surface area contributed by atoms with Crippen LogP contribution in [0.25, 0.3) is 0 Å². The maximum Gasteiger partial charge on any atom is 0.260 e. The highest BCUT2D eigenvalue weighted by Gasteiger charge is 2.37. The zero-order valence-corrected chi connectivity index (χ0v) is 15.7. The Bertz CT molecular complexity index is 862. The molecule has 6 nitrogen and oxygen atoms in total. The van der Waals surface area contributed by atoms with Gasteiger partial charge in [-0.3, -0.25) is 15.0 Å². The Balaban J connectivity index is 1.71. The number of anilines is 2. The molecule has 1 heterocycles. The molecule has 27 heavy (non-hydrogen) atoms. The number of amides is 1. The van der Waals surface area contributed by atoms with Crippen LogP contribution in [0.2, 0.25) is 0 Å². The fourth-order valence-electron chi connectivity index (χ4n) is 4.03. The van der Waals surface area contributed by atoms with Gasteiger partial charge in [0.05, 0.1) is 13.2 Å². The lowest BCUT2D eigenvalue weighted by atomic mass is 10.1. The van der Waals surface area contributed by atoms with Crippen molar-refractivity contribution in [1.29, 1.82) is 0 Å². The van der Waals surface area contributed by atoms with Gasteiger partial charge in [-0.15, -0.1) is 0 Å². The second kappa shape index (κ2) is 7.12. The normalized spacial score (nSPS) is 19.4. The SMILES string of the molecule is CNC1c2ccc(N)cc2C(=O)N1c1ccc(OC)c(OC2CCCC2)c1. The monoisotopic (exact) mass is 367 g/mol. The molecule has 2 aromatic rings. The summed E-state index contributed by atoms with van der Waals surface area (Å²) in [6.45, 7) is 0. The molecule has 0 bridgehead atoms. The zero-order chi connectivity index (χ0) is 19.0. The van der Waals surface area contributed by atoms with Crippen LogP contribution < -0.4 is 25.4 Å². The molecule has 1 unspecified atom stereocenters. The van der Waals surface area contributed by atoms with E-state index < -0.39 is 0 Å². The van der Waals surface area contributed by atoms with Crippen LogP contribution in [-0.2, 0) is 0 Å². The molecule has 6 heteroatoms. The van der Waals surface area contributed by atoms with E-state index in [-0.39, 0.29) is 18.2 Å². The van der Waals surface area contributed by atoms with E-state index in [1.54, 1.807) is 18.1 Å². The van der Waals surface area contributed by atoms with Gasteiger partial charge in [-0.05, 0) is 57.0 Å². The molecule has 1 amide bonds. The Kier molecular flexibility index (Phi) is 4.66. The summed E-state index contributed by atoms with van der Waals surface area (Å²) < 4.78 is 11.7. The van der Waals surface area contributed by atoms with Crippen molar-refractivity contribution in [3.8, 4) is 11.5 Å². The third kappa shape index (κ3) is 3.10. The van der Waals surface area contributed by atoms with E-state index >= 15 is 0 Å². The summed E-state index contributed by atoms with van der Waals surface area (Å²) in [5.74, 6) is 1.29. The number of hydrogen-bond acceptors (Lipinski definition) is 5. The predicted octanol–water partition coefficient (Wildman–Crippen LogP) is 3.48. The molecular formula is C21H25N3O3.